The second kappa shape index (κ2) is 3.68. The molecule has 0 amide bonds. The maximum Gasteiger partial charge on any atom is 0.110 e. The van der Waals surface area contributed by atoms with Crippen LogP contribution in [0.3, 0.4) is 0 Å². The van der Waals surface area contributed by atoms with Crippen molar-refractivity contribution in [2.75, 3.05) is 13.2 Å². The van der Waals surface area contributed by atoms with E-state index in [4.69, 9.17) is 9.84 Å². The van der Waals surface area contributed by atoms with Crippen LogP contribution < -0.4 is 5.32 Å². The van der Waals surface area contributed by atoms with Crippen LogP contribution in [0.15, 0.2) is 12.3 Å². The number of hydrogen-bond acceptors (Lipinski definition) is 3. The van der Waals surface area contributed by atoms with Crippen LogP contribution in [0.25, 0.3) is 0 Å². The summed E-state index contributed by atoms with van der Waals surface area (Å²) in [5, 5.41) is 12.4. The largest absolute Gasteiger partial charge is 0.497 e. The number of hydrogen-bond donors (Lipinski definition) is 2. The van der Waals surface area contributed by atoms with Gasteiger partial charge in [0, 0.05) is 12.1 Å². The third-order valence-electron chi connectivity index (χ3n) is 2.88. The second-order valence-corrected chi connectivity index (χ2v) is 4.03. The lowest BCUT2D eigenvalue weighted by Crippen LogP contribution is -2.40. The summed E-state index contributed by atoms with van der Waals surface area (Å²) in [6, 6.07) is 0. The fourth-order valence-corrected chi connectivity index (χ4v) is 1.61. The van der Waals surface area contributed by atoms with Crippen LogP contribution in [0.5, 0.6) is 0 Å². The van der Waals surface area contributed by atoms with E-state index in [1.54, 1.807) is 6.26 Å². The quantitative estimate of drug-likeness (QED) is 0.677. The molecular weight excluding hydrogens is 166 g/mol. The summed E-state index contributed by atoms with van der Waals surface area (Å²) < 4.78 is 5.42. The lowest BCUT2D eigenvalue weighted by Gasteiger charge is -2.22. The molecule has 1 atom stereocenters. The van der Waals surface area contributed by atoms with E-state index in [9.17, 15) is 0 Å². The molecule has 0 spiro atoms. The van der Waals surface area contributed by atoms with Crippen LogP contribution >= 0.6 is 0 Å². The van der Waals surface area contributed by atoms with E-state index in [0.717, 1.165) is 32.2 Å². The summed E-state index contributed by atoms with van der Waals surface area (Å²) in [7, 11) is 0. The molecule has 0 radical (unpaired) electrons. The van der Waals surface area contributed by atoms with Crippen LogP contribution in [0.4, 0.5) is 0 Å². The van der Waals surface area contributed by atoms with Crippen molar-refractivity contribution in [2.24, 2.45) is 0 Å². The topological polar surface area (TPSA) is 41.5 Å². The lowest BCUT2D eigenvalue weighted by molar-refractivity contribution is 0.112. The van der Waals surface area contributed by atoms with E-state index < -0.39 is 0 Å². The van der Waals surface area contributed by atoms with Gasteiger partial charge in [0.1, 0.15) is 6.10 Å². The molecule has 0 aromatic heterocycles. The van der Waals surface area contributed by atoms with Gasteiger partial charge in [-0.25, -0.2) is 0 Å². The van der Waals surface area contributed by atoms with Gasteiger partial charge in [-0.15, -0.1) is 0 Å². The molecule has 3 nitrogen and oxygen atoms in total. The highest BCUT2D eigenvalue weighted by molar-refractivity contribution is 5.02. The lowest BCUT2D eigenvalue weighted by atomic mass is 10.1. The minimum atomic E-state index is 0.0462. The Hall–Kier alpha value is -0.540. The molecule has 1 fully saturated rings. The Morgan fingerprint density at radius 1 is 1.54 bits per heavy atom. The van der Waals surface area contributed by atoms with Gasteiger partial charge in [0.15, 0.2) is 0 Å². The number of aliphatic hydroxyl groups excluding tert-OH is 1. The van der Waals surface area contributed by atoms with Crippen molar-refractivity contribution in [3.63, 3.8) is 0 Å². The molecule has 0 aromatic rings. The Morgan fingerprint density at radius 3 is 2.92 bits per heavy atom. The SMILES string of the molecule is OCC1(NCC2CCC=CO2)CC1. The first-order chi connectivity index (χ1) is 6.35. The number of rotatable bonds is 4. The van der Waals surface area contributed by atoms with E-state index in [1.807, 2.05) is 0 Å². The van der Waals surface area contributed by atoms with Gasteiger partial charge < -0.3 is 15.2 Å². The van der Waals surface area contributed by atoms with Crippen molar-refractivity contribution in [3.8, 4) is 0 Å². The molecule has 13 heavy (non-hydrogen) atoms. The van der Waals surface area contributed by atoms with Gasteiger partial charge in [-0.05, 0) is 31.8 Å². The van der Waals surface area contributed by atoms with Crippen LogP contribution in [0.2, 0.25) is 0 Å². The van der Waals surface area contributed by atoms with Gasteiger partial charge in [-0.3, -0.25) is 0 Å². The highest BCUT2D eigenvalue weighted by atomic mass is 16.5. The first-order valence-electron chi connectivity index (χ1n) is 5.01. The van der Waals surface area contributed by atoms with Crippen molar-refractivity contribution < 1.29 is 9.84 Å². The number of ether oxygens (including phenoxy) is 1. The molecular formula is C10H17NO2. The smallest absolute Gasteiger partial charge is 0.110 e. The highest BCUT2D eigenvalue weighted by Crippen LogP contribution is 2.34. The Kier molecular flexibility index (Phi) is 2.56. The summed E-state index contributed by atoms with van der Waals surface area (Å²) in [6.07, 6.45) is 8.54. The Balaban J connectivity index is 1.70. The molecule has 2 aliphatic rings. The van der Waals surface area contributed by atoms with E-state index in [-0.39, 0.29) is 12.1 Å². The summed E-state index contributed by atoms with van der Waals surface area (Å²) in [4.78, 5) is 0. The average molecular weight is 183 g/mol. The minimum Gasteiger partial charge on any atom is -0.497 e. The molecule has 74 valence electrons. The van der Waals surface area contributed by atoms with Crippen molar-refractivity contribution in [1.29, 1.82) is 0 Å². The standard InChI is InChI=1S/C10H17NO2/c12-8-10(4-5-10)11-7-9-3-1-2-6-13-9/h2,6,9,11-12H,1,3-5,7-8H2. The minimum absolute atomic E-state index is 0.0462. The van der Waals surface area contributed by atoms with Crippen molar-refractivity contribution in [3.05, 3.63) is 12.3 Å². The molecule has 3 heteroatoms. The normalized spacial score (nSPS) is 29.8. The number of aliphatic hydroxyl groups is 1. The molecule has 0 saturated heterocycles. The zero-order valence-corrected chi connectivity index (χ0v) is 7.83. The van der Waals surface area contributed by atoms with Gasteiger partial charge >= 0.3 is 0 Å². The molecule has 1 aliphatic heterocycles. The zero-order chi connectivity index (χ0) is 9.15. The van der Waals surface area contributed by atoms with E-state index in [0.29, 0.717) is 6.10 Å². The molecule has 0 aromatic carbocycles. The summed E-state index contributed by atoms with van der Waals surface area (Å²) >= 11 is 0. The maximum absolute atomic E-state index is 9.07. The molecule has 1 saturated carbocycles. The first kappa shape index (κ1) is 9.03. The maximum atomic E-state index is 9.07. The predicted octanol–water partition coefficient (Wildman–Crippen LogP) is 0.794. The van der Waals surface area contributed by atoms with Gasteiger partial charge in [-0.1, -0.05) is 0 Å². The fourth-order valence-electron chi connectivity index (χ4n) is 1.61. The van der Waals surface area contributed by atoms with Crippen LogP contribution in [-0.2, 0) is 4.74 Å². The third-order valence-corrected chi connectivity index (χ3v) is 2.88. The van der Waals surface area contributed by atoms with Crippen molar-refractivity contribution in [2.45, 2.75) is 37.3 Å². The highest BCUT2D eigenvalue weighted by Gasteiger charge is 2.41. The van der Waals surface area contributed by atoms with Crippen molar-refractivity contribution in [1.82, 2.24) is 5.32 Å². The second-order valence-electron chi connectivity index (χ2n) is 4.03. The Labute approximate surface area is 78.8 Å². The summed E-state index contributed by atoms with van der Waals surface area (Å²) in [5.74, 6) is 0. The fraction of sp³-hybridized carbons (Fsp3) is 0.800. The molecule has 1 aliphatic carbocycles. The third kappa shape index (κ3) is 2.23. The van der Waals surface area contributed by atoms with E-state index in [2.05, 4.69) is 11.4 Å². The van der Waals surface area contributed by atoms with E-state index >= 15 is 0 Å². The van der Waals surface area contributed by atoms with Crippen molar-refractivity contribution >= 4 is 0 Å². The van der Waals surface area contributed by atoms with Gasteiger partial charge in [0.05, 0.1) is 12.9 Å². The summed E-state index contributed by atoms with van der Waals surface area (Å²) in [5.41, 5.74) is 0.0462. The molecule has 1 heterocycles. The van der Waals surface area contributed by atoms with Crippen LogP contribution in [0.1, 0.15) is 25.7 Å². The molecule has 1 unspecified atom stereocenters. The number of allylic oxidation sites excluding steroid dienone is 1. The van der Waals surface area contributed by atoms with Gasteiger partial charge in [-0.2, -0.15) is 0 Å². The van der Waals surface area contributed by atoms with Gasteiger partial charge in [0.25, 0.3) is 0 Å². The number of nitrogens with one attached hydrogen (secondary N) is 1. The van der Waals surface area contributed by atoms with Gasteiger partial charge in [0.2, 0.25) is 0 Å². The van der Waals surface area contributed by atoms with Crippen LogP contribution in [-0.4, -0.2) is 29.9 Å². The monoisotopic (exact) mass is 183 g/mol. The average Bonchev–Trinajstić information content (AvgIpc) is 2.97. The Bertz CT molecular complexity index is 199. The molecule has 2 rings (SSSR count). The van der Waals surface area contributed by atoms with E-state index in [1.165, 1.54) is 0 Å². The zero-order valence-electron chi connectivity index (χ0n) is 7.83. The predicted molar refractivity (Wildman–Crippen MR) is 50.3 cm³/mol. The van der Waals surface area contributed by atoms with Crippen LogP contribution in [0, 0.1) is 0 Å². The molecule has 0 bridgehead atoms. The summed E-state index contributed by atoms with van der Waals surface area (Å²) in [6.45, 7) is 1.13. The Morgan fingerprint density at radius 2 is 2.38 bits per heavy atom. The first-order valence-corrected chi connectivity index (χ1v) is 5.01. The molecule has 2 N–H and O–H groups in total.